The Morgan fingerprint density at radius 3 is 2.53 bits per heavy atom. The van der Waals surface area contributed by atoms with Gasteiger partial charge in [0, 0.05) is 0 Å². The normalized spacial score (nSPS) is 19.1. The van der Waals surface area contributed by atoms with Gasteiger partial charge in [0.1, 0.15) is 5.66 Å². The Morgan fingerprint density at radius 2 is 1.93 bits per heavy atom. The first-order chi connectivity index (χ1) is 7.12. The average Bonchev–Trinajstić information content (AvgIpc) is 2.55. The van der Waals surface area contributed by atoms with Gasteiger partial charge in [-0.1, -0.05) is 30.0 Å². The minimum Gasteiger partial charge on any atom is -0.252 e. The lowest BCUT2D eigenvalue weighted by molar-refractivity contribution is 0.448. The number of anilines is 1. The molecule has 0 bridgehead atoms. The number of amidine groups is 1. The van der Waals surface area contributed by atoms with Crippen LogP contribution in [0.15, 0.2) is 35.3 Å². The molecule has 0 atom stereocenters. The van der Waals surface area contributed by atoms with Gasteiger partial charge in [0.25, 0.3) is 0 Å². The maximum Gasteiger partial charge on any atom is 0.180 e. The zero-order valence-electron chi connectivity index (χ0n) is 9.19. The fraction of sp³-hybridized carbons (Fsp3) is 0.364. The standard InChI is InChI=1S/C11H15N3S/c1-11(2)12-10(15-3)14(13-11)9-7-5-4-6-8-9/h4-8,13H,1-3H3. The Morgan fingerprint density at radius 1 is 1.27 bits per heavy atom. The SMILES string of the molecule is CSC1=NC(C)(C)NN1c1ccccc1. The predicted octanol–water partition coefficient (Wildman–Crippen LogP) is 2.47. The topological polar surface area (TPSA) is 27.6 Å². The molecule has 80 valence electrons. The fourth-order valence-electron chi connectivity index (χ4n) is 1.52. The molecule has 1 aliphatic rings. The van der Waals surface area contributed by atoms with Crippen molar-refractivity contribution in [1.82, 2.24) is 5.43 Å². The number of thioether (sulfide) groups is 1. The van der Waals surface area contributed by atoms with E-state index in [4.69, 9.17) is 0 Å². The van der Waals surface area contributed by atoms with Gasteiger partial charge in [-0.2, -0.15) is 0 Å². The first-order valence-corrected chi connectivity index (χ1v) is 6.12. The fourth-order valence-corrected chi connectivity index (χ4v) is 2.18. The van der Waals surface area contributed by atoms with E-state index in [1.165, 1.54) is 0 Å². The third kappa shape index (κ3) is 2.16. The number of rotatable bonds is 1. The lowest BCUT2D eigenvalue weighted by Crippen LogP contribution is -2.44. The van der Waals surface area contributed by atoms with Gasteiger partial charge in [0.15, 0.2) is 5.17 Å². The van der Waals surface area contributed by atoms with E-state index < -0.39 is 0 Å². The molecule has 0 saturated carbocycles. The molecule has 15 heavy (non-hydrogen) atoms. The van der Waals surface area contributed by atoms with Crippen molar-refractivity contribution in [1.29, 1.82) is 0 Å². The highest BCUT2D eigenvalue weighted by Crippen LogP contribution is 2.25. The molecule has 0 spiro atoms. The zero-order valence-corrected chi connectivity index (χ0v) is 10.0. The van der Waals surface area contributed by atoms with E-state index in [0.29, 0.717) is 0 Å². The Hall–Kier alpha value is -1.00. The smallest absolute Gasteiger partial charge is 0.180 e. The molecule has 0 fully saturated rings. The second-order valence-electron chi connectivity index (χ2n) is 3.94. The molecule has 3 nitrogen and oxygen atoms in total. The van der Waals surface area contributed by atoms with E-state index in [-0.39, 0.29) is 5.66 Å². The summed E-state index contributed by atoms with van der Waals surface area (Å²) in [6, 6.07) is 10.2. The molecule has 2 rings (SSSR count). The van der Waals surface area contributed by atoms with Crippen LogP contribution < -0.4 is 10.4 Å². The van der Waals surface area contributed by atoms with E-state index in [9.17, 15) is 0 Å². The Bertz CT molecular complexity index is 373. The summed E-state index contributed by atoms with van der Waals surface area (Å²) >= 11 is 1.65. The molecule has 0 unspecified atom stereocenters. The van der Waals surface area contributed by atoms with Crippen molar-refractivity contribution in [2.45, 2.75) is 19.5 Å². The van der Waals surface area contributed by atoms with E-state index >= 15 is 0 Å². The molecule has 1 aromatic rings. The summed E-state index contributed by atoms with van der Waals surface area (Å²) in [5.41, 5.74) is 4.26. The Labute approximate surface area is 94.5 Å². The van der Waals surface area contributed by atoms with Crippen molar-refractivity contribution >= 4 is 22.6 Å². The number of para-hydroxylation sites is 1. The van der Waals surface area contributed by atoms with Crippen molar-refractivity contribution in [3.8, 4) is 0 Å². The van der Waals surface area contributed by atoms with E-state index in [2.05, 4.69) is 36.4 Å². The summed E-state index contributed by atoms with van der Waals surface area (Å²) in [5, 5.41) is 3.04. The number of hydrogen-bond donors (Lipinski definition) is 1. The van der Waals surface area contributed by atoms with Crippen LogP contribution in [0.5, 0.6) is 0 Å². The maximum absolute atomic E-state index is 4.59. The van der Waals surface area contributed by atoms with E-state index in [1.54, 1.807) is 11.8 Å². The van der Waals surface area contributed by atoms with E-state index in [1.807, 2.05) is 29.5 Å². The quantitative estimate of drug-likeness (QED) is 0.789. The van der Waals surface area contributed by atoms with Gasteiger partial charge in [-0.25, -0.2) is 10.4 Å². The number of nitrogens with one attached hydrogen (secondary N) is 1. The summed E-state index contributed by atoms with van der Waals surface area (Å²) in [6.07, 6.45) is 2.04. The maximum atomic E-state index is 4.59. The van der Waals surface area contributed by atoms with Gasteiger partial charge < -0.3 is 0 Å². The minimum absolute atomic E-state index is 0.214. The van der Waals surface area contributed by atoms with Crippen LogP contribution >= 0.6 is 11.8 Å². The van der Waals surface area contributed by atoms with Crippen LogP contribution in [0.25, 0.3) is 0 Å². The first kappa shape index (κ1) is 10.5. The van der Waals surface area contributed by atoms with Crippen LogP contribution in [0.2, 0.25) is 0 Å². The number of aliphatic imine (C=N–C) groups is 1. The molecular weight excluding hydrogens is 206 g/mol. The molecular formula is C11H15N3S. The van der Waals surface area contributed by atoms with Crippen LogP contribution in [-0.2, 0) is 0 Å². The highest BCUT2D eigenvalue weighted by molar-refractivity contribution is 8.13. The Balaban J connectivity index is 2.30. The zero-order chi connectivity index (χ0) is 10.9. The molecule has 1 aliphatic heterocycles. The van der Waals surface area contributed by atoms with Gasteiger partial charge in [-0.3, -0.25) is 5.01 Å². The van der Waals surface area contributed by atoms with Gasteiger partial charge in [-0.05, 0) is 32.2 Å². The predicted molar refractivity (Wildman–Crippen MR) is 67.1 cm³/mol. The minimum atomic E-state index is -0.214. The second kappa shape index (κ2) is 3.87. The molecule has 1 N–H and O–H groups in total. The summed E-state index contributed by atoms with van der Waals surface area (Å²) in [7, 11) is 0. The number of benzene rings is 1. The van der Waals surface area contributed by atoms with E-state index in [0.717, 1.165) is 10.9 Å². The van der Waals surface area contributed by atoms with Gasteiger partial charge >= 0.3 is 0 Å². The number of nitrogens with zero attached hydrogens (tertiary/aromatic N) is 2. The summed E-state index contributed by atoms with van der Waals surface area (Å²) < 4.78 is 0. The summed E-state index contributed by atoms with van der Waals surface area (Å²) in [6.45, 7) is 4.12. The first-order valence-electron chi connectivity index (χ1n) is 4.89. The lowest BCUT2D eigenvalue weighted by atomic mass is 10.3. The van der Waals surface area contributed by atoms with Crippen LogP contribution in [0.4, 0.5) is 5.69 Å². The highest BCUT2D eigenvalue weighted by atomic mass is 32.2. The summed E-state index contributed by atoms with van der Waals surface area (Å²) in [4.78, 5) is 4.59. The molecule has 0 aliphatic carbocycles. The molecule has 1 aromatic carbocycles. The molecule has 4 heteroatoms. The monoisotopic (exact) mass is 221 g/mol. The van der Waals surface area contributed by atoms with Crippen molar-refractivity contribution in [3.63, 3.8) is 0 Å². The summed E-state index contributed by atoms with van der Waals surface area (Å²) in [5.74, 6) is 0. The van der Waals surface area contributed by atoms with Crippen molar-refractivity contribution in [3.05, 3.63) is 30.3 Å². The lowest BCUT2D eigenvalue weighted by Gasteiger charge is -2.23. The van der Waals surface area contributed by atoms with Gasteiger partial charge in [-0.15, -0.1) is 0 Å². The van der Waals surface area contributed by atoms with Crippen molar-refractivity contribution < 1.29 is 0 Å². The number of hydrogen-bond acceptors (Lipinski definition) is 4. The Kier molecular flexibility index (Phi) is 2.71. The number of hydrazine groups is 1. The van der Waals surface area contributed by atoms with Crippen LogP contribution in [0.1, 0.15) is 13.8 Å². The van der Waals surface area contributed by atoms with Crippen LogP contribution in [0.3, 0.4) is 0 Å². The van der Waals surface area contributed by atoms with Crippen LogP contribution in [-0.4, -0.2) is 17.1 Å². The van der Waals surface area contributed by atoms with Crippen molar-refractivity contribution in [2.24, 2.45) is 4.99 Å². The molecule has 0 radical (unpaired) electrons. The van der Waals surface area contributed by atoms with Gasteiger partial charge in [0.05, 0.1) is 5.69 Å². The highest BCUT2D eigenvalue weighted by Gasteiger charge is 2.30. The second-order valence-corrected chi connectivity index (χ2v) is 4.71. The molecule has 0 aromatic heterocycles. The largest absolute Gasteiger partial charge is 0.252 e. The third-order valence-corrected chi connectivity index (χ3v) is 2.79. The average molecular weight is 221 g/mol. The van der Waals surface area contributed by atoms with Crippen LogP contribution in [0, 0.1) is 0 Å². The van der Waals surface area contributed by atoms with Crippen molar-refractivity contribution in [2.75, 3.05) is 11.3 Å². The molecule has 1 heterocycles. The molecule has 0 amide bonds. The third-order valence-electron chi connectivity index (χ3n) is 2.15. The van der Waals surface area contributed by atoms with Gasteiger partial charge in [0.2, 0.25) is 0 Å². The molecule has 0 saturated heterocycles.